The van der Waals surface area contributed by atoms with Crippen molar-refractivity contribution in [2.45, 2.75) is 33.1 Å². The van der Waals surface area contributed by atoms with Gasteiger partial charge < -0.3 is 15.4 Å². The third kappa shape index (κ3) is 2.55. The Balaban J connectivity index is 2.06. The molecule has 0 aliphatic heterocycles. The molecule has 0 unspecified atom stereocenters. The van der Waals surface area contributed by atoms with E-state index >= 15 is 0 Å². The van der Waals surface area contributed by atoms with E-state index in [-0.39, 0.29) is 11.6 Å². The van der Waals surface area contributed by atoms with E-state index in [0.717, 1.165) is 12.3 Å². The zero-order chi connectivity index (χ0) is 13.3. The Kier molecular flexibility index (Phi) is 3.41. The van der Waals surface area contributed by atoms with Crippen molar-refractivity contribution in [2.24, 2.45) is 5.92 Å². The molecule has 0 aromatic carbocycles. The number of amides is 1. The number of carbonyl (C=O) groups excluding carboxylic acids is 1. The maximum atomic E-state index is 12.0. The van der Waals surface area contributed by atoms with Crippen LogP contribution in [0.25, 0.3) is 0 Å². The summed E-state index contributed by atoms with van der Waals surface area (Å²) in [6.45, 7) is 4.04. The highest BCUT2D eigenvalue weighted by Gasteiger charge is 2.23. The van der Waals surface area contributed by atoms with Crippen LogP contribution in [-0.4, -0.2) is 28.5 Å². The second-order valence-electron chi connectivity index (χ2n) is 4.92. The molecule has 3 N–H and O–H groups in total. The van der Waals surface area contributed by atoms with E-state index in [1.807, 2.05) is 0 Å². The smallest absolute Gasteiger partial charge is 0.352 e. The van der Waals surface area contributed by atoms with E-state index in [0.29, 0.717) is 23.4 Å². The highest BCUT2D eigenvalue weighted by atomic mass is 16.4. The summed E-state index contributed by atoms with van der Waals surface area (Å²) in [6, 6.07) is 0. The number of nitrogens with one attached hydrogen (secondary N) is 2. The quantitative estimate of drug-likeness (QED) is 0.746. The zero-order valence-electron chi connectivity index (χ0n) is 10.7. The van der Waals surface area contributed by atoms with Gasteiger partial charge in [-0.05, 0) is 31.7 Å². The fourth-order valence-electron chi connectivity index (χ4n) is 2.19. The number of carboxylic acid groups (broad SMARTS) is 1. The number of aromatic carboxylic acids is 1. The predicted octanol–water partition coefficient (Wildman–Crippen LogP) is 1.86. The number of rotatable bonds is 5. The predicted molar refractivity (Wildman–Crippen MR) is 66.9 cm³/mol. The molecule has 1 amide bonds. The fourth-order valence-corrected chi connectivity index (χ4v) is 2.19. The lowest BCUT2D eigenvalue weighted by Crippen LogP contribution is -2.25. The molecule has 1 fully saturated rings. The average molecular weight is 250 g/mol. The first-order valence-corrected chi connectivity index (χ1v) is 6.21. The third-order valence-corrected chi connectivity index (χ3v) is 3.41. The molecule has 0 spiro atoms. The Morgan fingerprint density at radius 3 is 2.56 bits per heavy atom. The maximum Gasteiger partial charge on any atom is 0.352 e. The van der Waals surface area contributed by atoms with Gasteiger partial charge in [0.05, 0.1) is 5.56 Å². The standard InChI is InChI=1S/C13H18N2O3/c1-7-10(8(2)15-11(7)13(17)18)12(16)14-6-5-9-3-4-9/h9,15H,3-6H2,1-2H3,(H,14,16)(H,17,18). The van der Waals surface area contributed by atoms with E-state index in [1.165, 1.54) is 12.8 Å². The summed E-state index contributed by atoms with van der Waals surface area (Å²) < 4.78 is 0. The van der Waals surface area contributed by atoms with E-state index < -0.39 is 5.97 Å². The van der Waals surface area contributed by atoms with Crippen LogP contribution in [0.5, 0.6) is 0 Å². The topological polar surface area (TPSA) is 82.2 Å². The Bertz CT molecular complexity index is 487. The lowest BCUT2D eigenvalue weighted by atomic mass is 10.1. The summed E-state index contributed by atoms with van der Waals surface area (Å²) in [5.41, 5.74) is 1.67. The molecule has 1 aromatic rings. The molecule has 0 atom stereocenters. The normalized spacial score (nSPS) is 14.6. The average Bonchev–Trinajstić information content (AvgIpc) is 3.04. The summed E-state index contributed by atoms with van der Waals surface area (Å²) in [7, 11) is 0. The van der Waals surface area contributed by atoms with Crippen LogP contribution in [0.2, 0.25) is 0 Å². The first-order chi connectivity index (χ1) is 8.50. The zero-order valence-corrected chi connectivity index (χ0v) is 10.7. The summed E-state index contributed by atoms with van der Waals surface area (Å²) in [5.74, 6) is -0.449. The minimum absolute atomic E-state index is 0.0971. The van der Waals surface area contributed by atoms with Crippen molar-refractivity contribution in [1.82, 2.24) is 10.3 Å². The Hall–Kier alpha value is -1.78. The van der Waals surface area contributed by atoms with Crippen LogP contribution in [0.4, 0.5) is 0 Å². The van der Waals surface area contributed by atoms with E-state index in [4.69, 9.17) is 5.11 Å². The molecule has 98 valence electrons. The molecule has 1 aromatic heterocycles. The molecule has 0 saturated heterocycles. The molecule has 2 rings (SSSR count). The van der Waals surface area contributed by atoms with Gasteiger partial charge in [0.15, 0.2) is 0 Å². The van der Waals surface area contributed by atoms with Crippen molar-refractivity contribution in [3.05, 3.63) is 22.5 Å². The summed E-state index contributed by atoms with van der Waals surface area (Å²) in [4.78, 5) is 25.7. The highest BCUT2D eigenvalue weighted by Crippen LogP contribution is 2.31. The van der Waals surface area contributed by atoms with Gasteiger partial charge in [-0.1, -0.05) is 12.8 Å². The van der Waals surface area contributed by atoms with E-state index in [9.17, 15) is 9.59 Å². The van der Waals surface area contributed by atoms with Gasteiger partial charge in [-0.2, -0.15) is 0 Å². The van der Waals surface area contributed by atoms with Crippen LogP contribution < -0.4 is 5.32 Å². The Morgan fingerprint density at radius 1 is 1.39 bits per heavy atom. The maximum absolute atomic E-state index is 12.0. The summed E-state index contributed by atoms with van der Waals surface area (Å²) >= 11 is 0. The Labute approximate surface area is 106 Å². The molecular weight excluding hydrogens is 232 g/mol. The fraction of sp³-hybridized carbons (Fsp3) is 0.538. The molecule has 1 aliphatic rings. The molecule has 5 heteroatoms. The first kappa shape index (κ1) is 12.7. The SMILES string of the molecule is Cc1[nH]c(C(=O)O)c(C)c1C(=O)NCCC1CC1. The van der Waals surface area contributed by atoms with Crippen molar-refractivity contribution < 1.29 is 14.7 Å². The molecule has 1 aliphatic carbocycles. The molecule has 5 nitrogen and oxygen atoms in total. The van der Waals surface area contributed by atoms with Crippen molar-refractivity contribution >= 4 is 11.9 Å². The first-order valence-electron chi connectivity index (χ1n) is 6.21. The minimum Gasteiger partial charge on any atom is -0.477 e. The van der Waals surface area contributed by atoms with Gasteiger partial charge in [-0.25, -0.2) is 4.79 Å². The van der Waals surface area contributed by atoms with Crippen molar-refractivity contribution in [1.29, 1.82) is 0 Å². The number of hydrogen-bond acceptors (Lipinski definition) is 2. The molecule has 18 heavy (non-hydrogen) atoms. The number of aromatic nitrogens is 1. The number of carboxylic acids is 1. The van der Waals surface area contributed by atoms with Crippen LogP contribution >= 0.6 is 0 Å². The van der Waals surface area contributed by atoms with E-state index in [1.54, 1.807) is 13.8 Å². The lowest BCUT2D eigenvalue weighted by Gasteiger charge is -2.05. The van der Waals surface area contributed by atoms with Gasteiger partial charge in [-0.15, -0.1) is 0 Å². The number of H-pyrrole nitrogens is 1. The second kappa shape index (κ2) is 4.84. The van der Waals surface area contributed by atoms with Crippen LogP contribution in [-0.2, 0) is 0 Å². The largest absolute Gasteiger partial charge is 0.477 e. The number of aromatic amines is 1. The van der Waals surface area contributed by atoms with Crippen molar-refractivity contribution in [2.75, 3.05) is 6.54 Å². The monoisotopic (exact) mass is 250 g/mol. The van der Waals surface area contributed by atoms with Gasteiger partial charge in [0.1, 0.15) is 5.69 Å². The Morgan fingerprint density at radius 2 is 2.06 bits per heavy atom. The van der Waals surface area contributed by atoms with Gasteiger partial charge >= 0.3 is 5.97 Å². The molecular formula is C13H18N2O3. The van der Waals surface area contributed by atoms with Crippen molar-refractivity contribution in [3.63, 3.8) is 0 Å². The highest BCUT2D eigenvalue weighted by molar-refractivity contribution is 6.00. The van der Waals surface area contributed by atoms with Gasteiger partial charge in [0.2, 0.25) is 0 Å². The van der Waals surface area contributed by atoms with Crippen LogP contribution in [0, 0.1) is 19.8 Å². The van der Waals surface area contributed by atoms with Crippen LogP contribution in [0.1, 0.15) is 51.4 Å². The minimum atomic E-state index is -1.03. The number of aryl methyl sites for hydroxylation is 1. The van der Waals surface area contributed by atoms with Crippen LogP contribution in [0.15, 0.2) is 0 Å². The van der Waals surface area contributed by atoms with E-state index in [2.05, 4.69) is 10.3 Å². The van der Waals surface area contributed by atoms with Crippen molar-refractivity contribution in [3.8, 4) is 0 Å². The van der Waals surface area contributed by atoms with Gasteiger partial charge in [0, 0.05) is 12.2 Å². The number of hydrogen-bond donors (Lipinski definition) is 3. The lowest BCUT2D eigenvalue weighted by molar-refractivity contribution is 0.0690. The second-order valence-corrected chi connectivity index (χ2v) is 4.92. The van der Waals surface area contributed by atoms with Gasteiger partial charge in [-0.3, -0.25) is 4.79 Å². The number of carbonyl (C=O) groups is 2. The third-order valence-electron chi connectivity index (χ3n) is 3.41. The summed E-state index contributed by atoms with van der Waals surface area (Å²) in [5, 5.41) is 11.8. The summed E-state index contributed by atoms with van der Waals surface area (Å²) in [6.07, 6.45) is 3.54. The molecule has 1 heterocycles. The van der Waals surface area contributed by atoms with Gasteiger partial charge in [0.25, 0.3) is 5.91 Å². The molecule has 1 saturated carbocycles. The van der Waals surface area contributed by atoms with Crippen LogP contribution in [0.3, 0.4) is 0 Å². The molecule has 0 bridgehead atoms. The molecule has 0 radical (unpaired) electrons.